The Morgan fingerprint density at radius 2 is 1.88 bits per heavy atom. The van der Waals surface area contributed by atoms with Crippen LogP contribution in [0.5, 0.6) is 5.75 Å². The van der Waals surface area contributed by atoms with Crippen molar-refractivity contribution in [3.05, 3.63) is 41.3 Å². The van der Waals surface area contributed by atoms with E-state index in [0.29, 0.717) is 41.6 Å². The van der Waals surface area contributed by atoms with Crippen LogP contribution in [0.1, 0.15) is 17.7 Å². The van der Waals surface area contributed by atoms with E-state index in [0.717, 1.165) is 4.88 Å². The molecule has 6 nitrogen and oxygen atoms in total. The molecule has 8 heteroatoms. The number of thiophene rings is 1. The summed E-state index contributed by atoms with van der Waals surface area (Å²) < 4.78 is 32.4. The van der Waals surface area contributed by atoms with Crippen molar-refractivity contribution in [3.8, 4) is 5.75 Å². The Kier molecular flexibility index (Phi) is 5.64. The summed E-state index contributed by atoms with van der Waals surface area (Å²) in [6.07, 6.45) is 1.01. The number of hydrogen-bond donors (Lipinski definition) is 1. The molecule has 1 aliphatic heterocycles. The number of methoxy groups -OCH3 is 1. The molecule has 0 aliphatic carbocycles. The van der Waals surface area contributed by atoms with Gasteiger partial charge in [0, 0.05) is 23.9 Å². The van der Waals surface area contributed by atoms with Crippen molar-refractivity contribution < 1.29 is 17.9 Å². The first-order valence-corrected chi connectivity index (χ1v) is 10.7. The number of rotatable bonds is 5. The van der Waals surface area contributed by atoms with Crippen LogP contribution in [-0.4, -0.2) is 38.8 Å². The Morgan fingerprint density at radius 3 is 2.50 bits per heavy atom. The van der Waals surface area contributed by atoms with Crippen molar-refractivity contribution in [2.45, 2.75) is 24.0 Å². The Labute approximate surface area is 157 Å². The van der Waals surface area contributed by atoms with Gasteiger partial charge in [-0.05, 0) is 44.0 Å². The second-order valence-electron chi connectivity index (χ2n) is 6.23. The van der Waals surface area contributed by atoms with Crippen molar-refractivity contribution >= 4 is 33.0 Å². The zero-order valence-electron chi connectivity index (χ0n) is 14.8. The number of amides is 1. The van der Waals surface area contributed by atoms with Crippen LogP contribution in [0.3, 0.4) is 0 Å². The van der Waals surface area contributed by atoms with Crippen LogP contribution in [-0.2, 0) is 14.8 Å². The minimum absolute atomic E-state index is 0.0986. The van der Waals surface area contributed by atoms with Crippen LogP contribution in [0.4, 0.5) is 5.69 Å². The van der Waals surface area contributed by atoms with Crippen molar-refractivity contribution in [1.29, 1.82) is 0 Å². The van der Waals surface area contributed by atoms with E-state index in [1.165, 1.54) is 15.6 Å². The van der Waals surface area contributed by atoms with Crippen LogP contribution in [0, 0.1) is 12.8 Å². The molecule has 2 aromatic rings. The fourth-order valence-electron chi connectivity index (χ4n) is 3.02. The number of para-hydroxylation sites is 2. The standard InChI is InChI=1S/C18H22N2O4S2/c1-13-7-8-17(25-13)26(22,23)20-11-9-14(10-12-20)18(21)19-15-5-3-4-6-16(15)24-2/h3-8,14H,9-12H2,1-2H3,(H,19,21). The van der Waals surface area contributed by atoms with Crippen molar-refractivity contribution in [2.75, 3.05) is 25.5 Å². The van der Waals surface area contributed by atoms with Crippen LogP contribution >= 0.6 is 11.3 Å². The minimum atomic E-state index is -3.46. The fraction of sp³-hybridized carbons (Fsp3) is 0.389. The van der Waals surface area contributed by atoms with Gasteiger partial charge in [0.2, 0.25) is 5.91 Å². The van der Waals surface area contributed by atoms with Gasteiger partial charge in [-0.25, -0.2) is 8.42 Å². The van der Waals surface area contributed by atoms with Crippen molar-refractivity contribution in [3.63, 3.8) is 0 Å². The average Bonchev–Trinajstić information content (AvgIpc) is 3.09. The summed E-state index contributed by atoms with van der Waals surface area (Å²) in [7, 11) is -1.90. The first kappa shape index (κ1) is 18.9. The van der Waals surface area contributed by atoms with E-state index in [4.69, 9.17) is 4.74 Å². The van der Waals surface area contributed by atoms with Gasteiger partial charge in [0.1, 0.15) is 9.96 Å². The molecule has 2 heterocycles. The lowest BCUT2D eigenvalue weighted by Gasteiger charge is -2.30. The van der Waals surface area contributed by atoms with E-state index in [-0.39, 0.29) is 11.8 Å². The van der Waals surface area contributed by atoms with Gasteiger partial charge >= 0.3 is 0 Å². The minimum Gasteiger partial charge on any atom is -0.495 e. The summed E-state index contributed by atoms with van der Waals surface area (Å²) in [6.45, 7) is 2.59. The predicted octanol–water partition coefficient (Wildman–Crippen LogP) is 3.10. The normalized spacial score (nSPS) is 16.4. The van der Waals surface area contributed by atoms with Gasteiger partial charge in [-0.3, -0.25) is 4.79 Å². The van der Waals surface area contributed by atoms with Gasteiger partial charge in [-0.2, -0.15) is 4.31 Å². The van der Waals surface area contributed by atoms with Gasteiger partial charge in [-0.15, -0.1) is 11.3 Å². The lowest BCUT2D eigenvalue weighted by molar-refractivity contribution is -0.120. The van der Waals surface area contributed by atoms with E-state index >= 15 is 0 Å². The molecule has 1 fully saturated rings. The lowest BCUT2D eigenvalue weighted by atomic mass is 9.97. The Morgan fingerprint density at radius 1 is 1.19 bits per heavy atom. The van der Waals surface area contributed by atoms with E-state index in [1.807, 2.05) is 25.1 Å². The third-order valence-electron chi connectivity index (χ3n) is 4.50. The second-order valence-corrected chi connectivity index (χ2v) is 9.69. The molecule has 0 unspecified atom stereocenters. The molecule has 140 valence electrons. The van der Waals surface area contributed by atoms with Crippen molar-refractivity contribution in [1.82, 2.24) is 4.31 Å². The maximum absolute atomic E-state index is 12.7. The highest BCUT2D eigenvalue weighted by Crippen LogP contribution is 2.29. The third kappa shape index (κ3) is 3.92. The predicted molar refractivity (Wildman–Crippen MR) is 102 cm³/mol. The van der Waals surface area contributed by atoms with E-state index in [9.17, 15) is 13.2 Å². The van der Waals surface area contributed by atoms with Gasteiger partial charge < -0.3 is 10.1 Å². The fourth-order valence-corrected chi connectivity index (χ4v) is 5.93. The Hall–Kier alpha value is -1.90. The number of carbonyl (C=O) groups is 1. The highest BCUT2D eigenvalue weighted by molar-refractivity contribution is 7.91. The first-order valence-electron chi connectivity index (χ1n) is 8.42. The van der Waals surface area contributed by atoms with Crippen LogP contribution in [0.2, 0.25) is 0 Å². The quantitative estimate of drug-likeness (QED) is 0.845. The molecular weight excluding hydrogens is 372 g/mol. The number of ether oxygens (including phenoxy) is 1. The monoisotopic (exact) mass is 394 g/mol. The molecule has 0 bridgehead atoms. The number of aryl methyl sites for hydroxylation is 1. The van der Waals surface area contributed by atoms with Gasteiger partial charge in [-0.1, -0.05) is 12.1 Å². The second kappa shape index (κ2) is 7.77. The summed E-state index contributed by atoms with van der Waals surface area (Å²) >= 11 is 1.28. The summed E-state index contributed by atoms with van der Waals surface area (Å²) in [5.41, 5.74) is 0.629. The number of carbonyl (C=O) groups excluding carboxylic acids is 1. The van der Waals surface area contributed by atoms with Crippen LogP contribution < -0.4 is 10.1 Å². The molecule has 26 heavy (non-hydrogen) atoms. The largest absolute Gasteiger partial charge is 0.495 e. The highest BCUT2D eigenvalue weighted by atomic mass is 32.2. The first-order chi connectivity index (χ1) is 12.4. The number of hydrogen-bond acceptors (Lipinski definition) is 5. The lowest BCUT2D eigenvalue weighted by Crippen LogP contribution is -2.41. The number of anilines is 1. The van der Waals surface area contributed by atoms with Crippen LogP contribution in [0.25, 0.3) is 0 Å². The molecule has 0 spiro atoms. The molecule has 3 rings (SSSR count). The molecule has 1 aliphatic rings. The molecule has 1 N–H and O–H groups in total. The maximum Gasteiger partial charge on any atom is 0.252 e. The smallest absolute Gasteiger partial charge is 0.252 e. The topological polar surface area (TPSA) is 75.7 Å². The summed E-state index contributed by atoms with van der Waals surface area (Å²) in [5, 5.41) is 2.89. The van der Waals surface area contributed by atoms with Gasteiger partial charge in [0.25, 0.3) is 10.0 Å². The maximum atomic E-state index is 12.7. The SMILES string of the molecule is COc1ccccc1NC(=O)C1CCN(S(=O)(=O)c2ccc(C)s2)CC1. The summed E-state index contributed by atoms with van der Waals surface area (Å²) in [4.78, 5) is 13.5. The van der Waals surface area contributed by atoms with Crippen LogP contribution in [0.15, 0.2) is 40.6 Å². The zero-order chi connectivity index (χ0) is 18.7. The van der Waals surface area contributed by atoms with E-state index in [2.05, 4.69) is 5.32 Å². The van der Waals surface area contributed by atoms with E-state index in [1.54, 1.807) is 25.3 Å². The number of benzene rings is 1. The number of nitrogens with one attached hydrogen (secondary N) is 1. The zero-order valence-corrected chi connectivity index (χ0v) is 16.4. The molecule has 1 aromatic heterocycles. The summed E-state index contributed by atoms with van der Waals surface area (Å²) in [5.74, 6) is 0.295. The number of piperidine rings is 1. The Balaban J connectivity index is 1.62. The molecule has 0 atom stereocenters. The number of nitrogens with zero attached hydrogens (tertiary/aromatic N) is 1. The Bertz CT molecular complexity index is 884. The van der Waals surface area contributed by atoms with E-state index < -0.39 is 10.0 Å². The van der Waals surface area contributed by atoms with Gasteiger partial charge in [0.15, 0.2) is 0 Å². The molecule has 0 radical (unpaired) electrons. The third-order valence-corrected chi connectivity index (χ3v) is 7.87. The molecule has 1 amide bonds. The molecule has 1 saturated heterocycles. The summed E-state index contributed by atoms with van der Waals surface area (Å²) in [6, 6.07) is 10.7. The van der Waals surface area contributed by atoms with Gasteiger partial charge in [0.05, 0.1) is 12.8 Å². The molecule has 0 saturated carbocycles. The highest BCUT2D eigenvalue weighted by Gasteiger charge is 2.33. The molecule has 1 aromatic carbocycles. The number of sulfonamides is 1. The molecular formula is C18H22N2O4S2. The van der Waals surface area contributed by atoms with Crippen molar-refractivity contribution in [2.24, 2.45) is 5.92 Å². The average molecular weight is 395 g/mol.